The van der Waals surface area contributed by atoms with Crippen molar-refractivity contribution in [3.63, 3.8) is 0 Å². The summed E-state index contributed by atoms with van der Waals surface area (Å²) in [5.74, 6) is 0. The Bertz CT molecular complexity index is 405. The molecule has 0 aliphatic carbocycles. The van der Waals surface area contributed by atoms with E-state index in [0.717, 1.165) is 38.6 Å². The maximum Gasteiger partial charge on any atom is 0.0672 e. The maximum atomic E-state index is 5.00. The first kappa shape index (κ1) is 18.2. The number of hydrogen-bond donors (Lipinski definition) is 1. The zero-order valence-corrected chi connectivity index (χ0v) is 15.0. The van der Waals surface area contributed by atoms with Crippen LogP contribution in [0, 0.1) is 0 Å². The molecule has 0 bridgehead atoms. The monoisotopic (exact) mass is 293 g/mol. The van der Waals surface area contributed by atoms with Crippen LogP contribution in [-0.2, 0) is 12.8 Å². The van der Waals surface area contributed by atoms with E-state index < -0.39 is 0 Å². The van der Waals surface area contributed by atoms with Gasteiger partial charge in [-0.3, -0.25) is 4.68 Å². The van der Waals surface area contributed by atoms with E-state index in [2.05, 4.69) is 51.5 Å². The Labute approximate surface area is 131 Å². The van der Waals surface area contributed by atoms with Gasteiger partial charge in [-0.2, -0.15) is 5.10 Å². The first-order valence-electron chi connectivity index (χ1n) is 9.01. The number of aryl methyl sites for hydroxylation is 1. The maximum absolute atomic E-state index is 5.00. The summed E-state index contributed by atoms with van der Waals surface area (Å²) in [6.45, 7) is 14.6. The van der Waals surface area contributed by atoms with Gasteiger partial charge >= 0.3 is 0 Å². The summed E-state index contributed by atoms with van der Waals surface area (Å²) in [5.41, 5.74) is 4.24. The van der Waals surface area contributed by atoms with Crippen LogP contribution in [0.25, 0.3) is 0 Å². The molecule has 0 saturated carbocycles. The average molecular weight is 293 g/mol. The summed E-state index contributed by atoms with van der Waals surface area (Å²) in [7, 11) is 0. The highest BCUT2D eigenvalue weighted by Crippen LogP contribution is 2.29. The topological polar surface area (TPSA) is 29.9 Å². The van der Waals surface area contributed by atoms with Gasteiger partial charge in [-0.05, 0) is 45.1 Å². The minimum atomic E-state index is 0.456. The molecule has 1 N–H and O–H groups in total. The van der Waals surface area contributed by atoms with Crippen LogP contribution < -0.4 is 5.32 Å². The van der Waals surface area contributed by atoms with Gasteiger partial charge in [0.1, 0.15) is 0 Å². The van der Waals surface area contributed by atoms with Crippen molar-refractivity contribution in [1.82, 2.24) is 15.1 Å². The molecule has 122 valence electrons. The molecule has 21 heavy (non-hydrogen) atoms. The van der Waals surface area contributed by atoms with E-state index in [1.54, 1.807) is 0 Å². The minimum absolute atomic E-state index is 0.456. The van der Waals surface area contributed by atoms with Crippen LogP contribution in [0.5, 0.6) is 0 Å². The van der Waals surface area contributed by atoms with Crippen LogP contribution in [0.4, 0.5) is 0 Å². The van der Waals surface area contributed by atoms with Crippen molar-refractivity contribution < 1.29 is 0 Å². The third-order valence-electron chi connectivity index (χ3n) is 4.48. The number of aromatic nitrogens is 2. The summed E-state index contributed by atoms with van der Waals surface area (Å²) in [6.07, 6.45) is 6.73. The summed E-state index contributed by atoms with van der Waals surface area (Å²) >= 11 is 0. The Hall–Kier alpha value is -0.830. The zero-order valence-electron chi connectivity index (χ0n) is 15.0. The van der Waals surface area contributed by atoms with Crippen LogP contribution in [0.3, 0.4) is 0 Å². The van der Waals surface area contributed by atoms with Crippen LogP contribution in [-0.4, -0.2) is 16.3 Å². The van der Waals surface area contributed by atoms with Gasteiger partial charge in [-0.1, -0.05) is 41.5 Å². The molecule has 0 spiro atoms. The van der Waals surface area contributed by atoms with Crippen LogP contribution in [0.2, 0.25) is 0 Å². The Kier molecular flexibility index (Phi) is 8.02. The van der Waals surface area contributed by atoms with Crippen molar-refractivity contribution in [3.05, 3.63) is 17.0 Å². The molecule has 3 heteroatoms. The van der Waals surface area contributed by atoms with Crippen molar-refractivity contribution in [2.24, 2.45) is 0 Å². The first-order valence-corrected chi connectivity index (χ1v) is 9.01. The van der Waals surface area contributed by atoms with E-state index in [-0.39, 0.29) is 0 Å². The quantitative estimate of drug-likeness (QED) is 0.670. The highest BCUT2D eigenvalue weighted by Gasteiger charge is 2.24. The second kappa shape index (κ2) is 9.24. The fourth-order valence-corrected chi connectivity index (χ4v) is 3.26. The molecule has 1 atom stereocenters. The van der Waals surface area contributed by atoms with Gasteiger partial charge in [0.05, 0.1) is 11.7 Å². The molecule has 0 radical (unpaired) electrons. The lowest BCUT2D eigenvalue weighted by Gasteiger charge is -2.21. The molecule has 0 aromatic carbocycles. The average Bonchev–Trinajstić information content (AvgIpc) is 2.88. The van der Waals surface area contributed by atoms with Crippen molar-refractivity contribution >= 4 is 0 Å². The molecule has 1 unspecified atom stereocenters. The number of nitrogens with zero attached hydrogens (tertiary/aromatic N) is 2. The van der Waals surface area contributed by atoms with E-state index in [4.69, 9.17) is 5.10 Å². The predicted octanol–water partition coefficient (Wildman–Crippen LogP) is 4.82. The van der Waals surface area contributed by atoms with Crippen LogP contribution in [0.1, 0.15) is 96.3 Å². The summed E-state index contributed by atoms with van der Waals surface area (Å²) in [5, 5.41) is 8.71. The molecule has 0 fully saturated rings. The largest absolute Gasteiger partial charge is 0.310 e. The van der Waals surface area contributed by atoms with Crippen LogP contribution in [0.15, 0.2) is 0 Å². The molecular weight excluding hydrogens is 258 g/mol. The fraction of sp³-hybridized carbons (Fsp3) is 0.833. The number of hydrogen-bond acceptors (Lipinski definition) is 2. The van der Waals surface area contributed by atoms with Crippen molar-refractivity contribution in [2.75, 3.05) is 6.54 Å². The molecule has 1 heterocycles. The second-order valence-electron chi connectivity index (χ2n) is 5.84. The minimum Gasteiger partial charge on any atom is -0.310 e. The lowest BCUT2D eigenvalue weighted by atomic mass is 9.98. The van der Waals surface area contributed by atoms with Gasteiger partial charge in [0.15, 0.2) is 0 Å². The van der Waals surface area contributed by atoms with E-state index >= 15 is 0 Å². The van der Waals surface area contributed by atoms with Gasteiger partial charge < -0.3 is 5.32 Å². The molecule has 0 saturated heterocycles. The Morgan fingerprint density at radius 2 is 1.62 bits per heavy atom. The molecule has 1 aromatic rings. The molecule has 0 amide bonds. The lowest BCUT2D eigenvalue weighted by Crippen LogP contribution is -2.23. The fourth-order valence-electron chi connectivity index (χ4n) is 3.26. The molecule has 1 aromatic heterocycles. The lowest BCUT2D eigenvalue weighted by molar-refractivity contribution is 0.411. The third-order valence-corrected chi connectivity index (χ3v) is 4.48. The molecule has 3 nitrogen and oxygen atoms in total. The Morgan fingerprint density at radius 3 is 2.05 bits per heavy atom. The molecule has 1 rings (SSSR count). The van der Waals surface area contributed by atoms with Crippen molar-refractivity contribution in [2.45, 2.75) is 92.2 Å². The second-order valence-corrected chi connectivity index (χ2v) is 5.84. The molecule has 0 aliphatic heterocycles. The standard InChI is InChI=1S/C18H35N3/c1-7-13-19-15(10-4)18-16(11-5)20-21(17(18)12-6)14(8-2)9-3/h14-15,19H,7-13H2,1-6H3. The zero-order chi connectivity index (χ0) is 15.8. The van der Waals surface area contributed by atoms with Crippen molar-refractivity contribution in [1.29, 1.82) is 0 Å². The number of rotatable bonds is 10. The Balaban J connectivity index is 3.27. The summed E-state index contributed by atoms with van der Waals surface area (Å²) in [4.78, 5) is 0. The third kappa shape index (κ3) is 4.09. The summed E-state index contributed by atoms with van der Waals surface area (Å²) in [6, 6.07) is 1.00. The smallest absolute Gasteiger partial charge is 0.0672 e. The van der Waals surface area contributed by atoms with Gasteiger partial charge in [0.25, 0.3) is 0 Å². The van der Waals surface area contributed by atoms with E-state index in [0.29, 0.717) is 12.1 Å². The van der Waals surface area contributed by atoms with Crippen molar-refractivity contribution in [3.8, 4) is 0 Å². The normalized spacial score (nSPS) is 13.1. The van der Waals surface area contributed by atoms with Gasteiger partial charge in [-0.15, -0.1) is 0 Å². The van der Waals surface area contributed by atoms with Gasteiger partial charge in [-0.25, -0.2) is 0 Å². The van der Waals surface area contributed by atoms with Gasteiger partial charge in [0, 0.05) is 17.3 Å². The predicted molar refractivity (Wildman–Crippen MR) is 91.9 cm³/mol. The van der Waals surface area contributed by atoms with E-state index in [9.17, 15) is 0 Å². The highest BCUT2D eigenvalue weighted by molar-refractivity contribution is 5.31. The number of nitrogens with one attached hydrogen (secondary N) is 1. The Morgan fingerprint density at radius 1 is 0.952 bits per heavy atom. The SMILES string of the molecule is CCCNC(CC)c1c(CC)nn(C(CC)CC)c1CC. The van der Waals surface area contributed by atoms with E-state index in [1.807, 2.05) is 0 Å². The van der Waals surface area contributed by atoms with E-state index in [1.165, 1.54) is 23.4 Å². The molecular formula is C18H35N3. The molecule has 0 aliphatic rings. The first-order chi connectivity index (χ1) is 10.2. The highest BCUT2D eigenvalue weighted by atomic mass is 15.3. The summed E-state index contributed by atoms with van der Waals surface area (Å²) < 4.78 is 2.34. The van der Waals surface area contributed by atoms with Crippen LogP contribution >= 0.6 is 0 Å². The van der Waals surface area contributed by atoms with Gasteiger partial charge in [0.2, 0.25) is 0 Å².